The molecule has 1 N–H and O–H groups in total. The Hall–Kier alpha value is -2.35. The number of halogens is 1. The SMILES string of the molecule is CC1(NC(=O)c2ccc(COc3ccc(F)cc3)o2)CCS(=O)(=O)C1. The molecule has 1 aromatic heterocycles. The summed E-state index contributed by atoms with van der Waals surface area (Å²) in [7, 11) is -3.11. The van der Waals surface area contributed by atoms with Crippen LogP contribution in [0, 0.1) is 5.82 Å². The van der Waals surface area contributed by atoms with Crippen molar-refractivity contribution in [2.24, 2.45) is 0 Å². The monoisotopic (exact) mass is 367 g/mol. The molecule has 25 heavy (non-hydrogen) atoms. The second kappa shape index (κ2) is 6.51. The number of amides is 1. The van der Waals surface area contributed by atoms with Crippen LogP contribution >= 0.6 is 0 Å². The van der Waals surface area contributed by atoms with Gasteiger partial charge in [-0.15, -0.1) is 0 Å². The predicted molar refractivity (Wildman–Crippen MR) is 88.6 cm³/mol. The lowest BCUT2D eigenvalue weighted by molar-refractivity contribution is 0.0882. The number of carbonyl (C=O) groups is 1. The van der Waals surface area contributed by atoms with Gasteiger partial charge in [0.2, 0.25) is 0 Å². The molecule has 1 fully saturated rings. The number of furan rings is 1. The number of nitrogens with one attached hydrogen (secondary N) is 1. The van der Waals surface area contributed by atoms with Gasteiger partial charge in [-0.05, 0) is 49.7 Å². The van der Waals surface area contributed by atoms with Crippen LogP contribution in [0.5, 0.6) is 5.75 Å². The molecule has 1 aliphatic rings. The molecule has 0 spiro atoms. The molecule has 1 amide bonds. The van der Waals surface area contributed by atoms with Crippen LogP contribution in [0.2, 0.25) is 0 Å². The van der Waals surface area contributed by atoms with E-state index in [0.717, 1.165) is 0 Å². The lowest BCUT2D eigenvalue weighted by Crippen LogP contribution is -2.46. The van der Waals surface area contributed by atoms with Gasteiger partial charge >= 0.3 is 0 Å². The van der Waals surface area contributed by atoms with E-state index in [4.69, 9.17) is 9.15 Å². The van der Waals surface area contributed by atoms with Crippen molar-refractivity contribution in [3.8, 4) is 5.75 Å². The first-order valence-corrected chi connectivity index (χ1v) is 9.57. The normalized spacial score (nSPS) is 21.8. The fraction of sp³-hybridized carbons (Fsp3) is 0.353. The molecule has 134 valence electrons. The zero-order chi connectivity index (χ0) is 18.1. The van der Waals surface area contributed by atoms with E-state index in [0.29, 0.717) is 17.9 Å². The van der Waals surface area contributed by atoms with Gasteiger partial charge in [-0.25, -0.2) is 12.8 Å². The maximum absolute atomic E-state index is 12.8. The largest absolute Gasteiger partial charge is 0.486 e. The summed E-state index contributed by atoms with van der Waals surface area (Å²) in [5.74, 6) is 0.166. The van der Waals surface area contributed by atoms with E-state index in [1.165, 1.54) is 30.3 Å². The first kappa shape index (κ1) is 17.5. The smallest absolute Gasteiger partial charge is 0.287 e. The average molecular weight is 367 g/mol. The van der Waals surface area contributed by atoms with Gasteiger partial charge in [-0.1, -0.05) is 0 Å². The van der Waals surface area contributed by atoms with Crippen LogP contribution in [0.3, 0.4) is 0 Å². The van der Waals surface area contributed by atoms with Gasteiger partial charge in [0.1, 0.15) is 23.9 Å². The van der Waals surface area contributed by atoms with Gasteiger partial charge in [-0.2, -0.15) is 0 Å². The second-order valence-corrected chi connectivity index (χ2v) is 8.55. The van der Waals surface area contributed by atoms with Crippen LogP contribution in [0.15, 0.2) is 40.8 Å². The fourth-order valence-corrected chi connectivity index (χ4v) is 4.80. The number of benzene rings is 1. The molecule has 1 atom stereocenters. The number of sulfone groups is 1. The average Bonchev–Trinajstić information content (AvgIpc) is 3.11. The number of ether oxygens (including phenoxy) is 1. The van der Waals surface area contributed by atoms with Crippen molar-refractivity contribution in [2.75, 3.05) is 11.5 Å². The molecule has 0 bridgehead atoms. The van der Waals surface area contributed by atoms with Gasteiger partial charge in [-0.3, -0.25) is 4.79 Å². The van der Waals surface area contributed by atoms with E-state index in [2.05, 4.69) is 5.32 Å². The third-order valence-corrected chi connectivity index (χ3v) is 5.90. The molecule has 1 aromatic carbocycles. The first-order chi connectivity index (χ1) is 11.7. The third kappa shape index (κ3) is 4.39. The standard InChI is InChI=1S/C17H18FNO5S/c1-17(8-9-25(21,22)11-17)19-16(20)15-7-6-14(24-15)10-23-13-4-2-12(18)3-5-13/h2-7H,8-11H2,1H3,(H,19,20). The van der Waals surface area contributed by atoms with Crippen molar-refractivity contribution in [1.29, 1.82) is 0 Å². The molecule has 0 radical (unpaired) electrons. The lowest BCUT2D eigenvalue weighted by Gasteiger charge is -2.23. The quantitative estimate of drug-likeness (QED) is 0.876. The number of hydrogen-bond donors (Lipinski definition) is 1. The van der Waals surface area contributed by atoms with Crippen molar-refractivity contribution >= 4 is 15.7 Å². The van der Waals surface area contributed by atoms with E-state index < -0.39 is 21.3 Å². The maximum atomic E-state index is 12.8. The Labute approximate surface area is 144 Å². The van der Waals surface area contributed by atoms with E-state index in [1.54, 1.807) is 13.0 Å². The van der Waals surface area contributed by atoms with Crippen LogP contribution in [0.25, 0.3) is 0 Å². The molecular formula is C17H18FNO5S. The zero-order valence-electron chi connectivity index (χ0n) is 13.6. The third-order valence-electron chi connectivity index (χ3n) is 4.00. The number of hydrogen-bond acceptors (Lipinski definition) is 5. The second-order valence-electron chi connectivity index (χ2n) is 6.37. The summed E-state index contributed by atoms with van der Waals surface area (Å²) in [5.41, 5.74) is -0.784. The summed E-state index contributed by atoms with van der Waals surface area (Å²) in [4.78, 5) is 12.3. The van der Waals surface area contributed by atoms with E-state index >= 15 is 0 Å². The van der Waals surface area contributed by atoms with Crippen LogP contribution in [-0.4, -0.2) is 31.4 Å². The van der Waals surface area contributed by atoms with Gasteiger partial charge in [0.15, 0.2) is 15.6 Å². The summed E-state index contributed by atoms with van der Waals surface area (Å²) >= 11 is 0. The summed E-state index contributed by atoms with van der Waals surface area (Å²) in [5, 5.41) is 2.73. The Morgan fingerprint density at radius 2 is 2.00 bits per heavy atom. The Bertz CT molecular complexity index is 875. The van der Waals surface area contributed by atoms with Crippen LogP contribution in [0.4, 0.5) is 4.39 Å². The highest BCUT2D eigenvalue weighted by atomic mass is 32.2. The zero-order valence-corrected chi connectivity index (χ0v) is 14.4. The van der Waals surface area contributed by atoms with Gasteiger partial charge in [0.25, 0.3) is 5.91 Å². The van der Waals surface area contributed by atoms with Gasteiger partial charge in [0, 0.05) is 0 Å². The number of carbonyl (C=O) groups excluding carboxylic acids is 1. The molecule has 0 aliphatic carbocycles. The Balaban J connectivity index is 1.59. The molecule has 1 saturated heterocycles. The number of rotatable bonds is 5. The molecule has 2 heterocycles. The van der Waals surface area contributed by atoms with E-state index in [1.807, 2.05) is 0 Å². The summed E-state index contributed by atoms with van der Waals surface area (Å²) < 4.78 is 46.9. The summed E-state index contributed by atoms with van der Waals surface area (Å²) in [6.07, 6.45) is 0.377. The Kier molecular flexibility index (Phi) is 4.55. The molecular weight excluding hydrogens is 349 g/mol. The van der Waals surface area contributed by atoms with Crippen molar-refractivity contribution in [3.63, 3.8) is 0 Å². The van der Waals surface area contributed by atoms with Crippen LogP contribution < -0.4 is 10.1 Å². The molecule has 1 unspecified atom stereocenters. The predicted octanol–water partition coefficient (Wildman–Crippen LogP) is 2.30. The molecule has 8 heteroatoms. The Morgan fingerprint density at radius 1 is 1.28 bits per heavy atom. The minimum atomic E-state index is -3.11. The Morgan fingerprint density at radius 3 is 2.64 bits per heavy atom. The van der Waals surface area contributed by atoms with Crippen LogP contribution in [0.1, 0.15) is 29.7 Å². The lowest BCUT2D eigenvalue weighted by atomic mass is 10.0. The van der Waals surface area contributed by atoms with E-state index in [-0.39, 0.29) is 29.7 Å². The minimum Gasteiger partial charge on any atom is -0.486 e. The summed E-state index contributed by atoms with van der Waals surface area (Å²) in [6, 6.07) is 8.66. The molecule has 2 aromatic rings. The molecule has 3 rings (SSSR count). The minimum absolute atomic E-state index is 0.0681. The molecule has 0 saturated carbocycles. The maximum Gasteiger partial charge on any atom is 0.287 e. The highest BCUT2D eigenvalue weighted by Gasteiger charge is 2.39. The van der Waals surface area contributed by atoms with Gasteiger partial charge in [0.05, 0.1) is 17.0 Å². The van der Waals surface area contributed by atoms with Crippen LogP contribution in [-0.2, 0) is 16.4 Å². The highest BCUT2D eigenvalue weighted by Crippen LogP contribution is 2.23. The van der Waals surface area contributed by atoms with Crippen molar-refractivity contribution in [3.05, 3.63) is 53.7 Å². The molecule has 6 nitrogen and oxygen atoms in total. The highest BCUT2D eigenvalue weighted by molar-refractivity contribution is 7.91. The van der Waals surface area contributed by atoms with Gasteiger partial charge < -0.3 is 14.5 Å². The van der Waals surface area contributed by atoms with E-state index in [9.17, 15) is 17.6 Å². The van der Waals surface area contributed by atoms with Crippen molar-refractivity contribution in [1.82, 2.24) is 5.32 Å². The molecule has 1 aliphatic heterocycles. The topological polar surface area (TPSA) is 85.6 Å². The van der Waals surface area contributed by atoms with Crippen molar-refractivity contribution in [2.45, 2.75) is 25.5 Å². The summed E-state index contributed by atoms with van der Waals surface area (Å²) in [6.45, 7) is 1.79. The fourth-order valence-electron chi connectivity index (χ4n) is 2.71. The first-order valence-electron chi connectivity index (χ1n) is 7.75. The van der Waals surface area contributed by atoms with Crippen molar-refractivity contribution < 1.29 is 26.8 Å².